The van der Waals surface area contributed by atoms with Crippen molar-refractivity contribution in [2.75, 3.05) is 19.6 Å². The van der Waals surface area contributed by atoms with Gasteiger partial charge in [0.05, 0.1) is 0 Å². The molecule has 0 aromatic heterocycles. The van der Waals surface area contributed by atoms with E-state index in [4.69, 9.17) is 0 Å². The Balaban J connectivity index is 2.02. The summed E-state index contributed by atoms with van der Waals surface area (Å²) in [6, 6.07) is 1.50. The predicted molar refractivity (Wildman–Crippen MR) is 76.4 cm³/mol. The Kier molecular flexibility index (Phi) is 7.14. The molecule has 1 aliphatic rings. The van der Waals surface area contributed by atoms with E-state index in [1.807, 2.05) is 0 Å². The Bertz CT molecular complexity index is 189. The average molecular weight is 240 g/mol. The summed E-state index contributed by atoms with van der Waals surface area (Å²) in [5.41, 5.74) is 0. The van der Waals surface area contributed by atoms with Crippen molar-refractivity contribution in [3.05, 3.63) is 0 Å². The largest absolute Gasteiger partial charge is 0.315 e. The molecule has 0 bridgehead atoms. The highest BCUT2D eigenvalue weighted by Gasteiger charge is 2.25. The third kappa shape index (κ3) is 5.87. The second-order valence-corrected chi connectivity index (χ2v) is 6.16. The van der Waals surface area contributed by atoms with Crippen molar-refractivity contribution >= 4 is 0 Å². The molecule has 1 atom stereocenters. The number of nitrogens with zero attached hydrogens (tertiary/aromatic N) is 1. The number of hydrogen-bond acceptors (Lipinski definition) is 2. The molecule has 1 N–H and O–H groups in total. The summed E-state index contributed by atoms with van der Waals surface area (Å²) in [5.74, 6) is 0.833. The SMILES string of the molecule is CC(C)NCCCCCN1CCCC1C(C)C. The van der Waals surface area contributed by atoms with Crippen LogP contribution in [0.15, 0.2) is 0 Å². The molecule has 1 unspecified atom stereocenters. The smallest absolute Gasteiger partial charge is 0.0119 e. The zero-order chi connectivity index (χ0) is 12.7. The molecule has 1 rings (SSSR count). The summed E-state index contributed by atoms with van der Waals surface area (Å²) in [5, 5.41) is 3.49. The fraction of sp³-hybridized carbons (Fsp3) is 1.00. The summed E-state index contributed by atoms with van der Waals surface area (Å²) < 4.78 is 0. The lowest BCUT2D eigenvalue weighted by atomic mass is 10.0. The topological polar surface area (TPSA) is 15.3 Å². The Hall–Kier alpha value is -0.0800. The van der Waals surface area contributed by atoms with Crippen molar-refractivity contribution in [3.8, 4) is 0 Å². The molecule has 0 aromatic carbocycles. The fourth-order valence-electron chi connectivity index (χ4n) is 2.89. The van der Waals surface area contributed by atoms with Crippen molar-refractivity contribution in [1.82, 2.24) is 10.2 Å². The van der Waals surface area contributed by atoms with Crippen LogP contribution in [-0.4, -0.2) is 36.6 Å². The lowest BCUT2D eigenvalue weighted by Gasteiger charge is -2.27. The van der Waals surface area contributed by atoms with Crippen molar-refractivity contribution < 1.29 is 0 Å². The molecule has 1 saturated heterocycles. The van der Waals surface area contributed by atoms with Gasteiger partial charge in [-0.15, -0.1) is 0 Å². The molecule has 1 fully saturated rings. The number of unbranched alkanes of at least 4 members (excludes halogenated alkanes) is 2. The van der Waals surface area contributed by atoms with Gasteiger partial charge in [0.1, 0.15) is 0 Å². The van der Waals surface area contributed by atoms with Gasteiger partial charge in [0, 0.05) is 12.1 Å². The first-order valence-corrected chi connectivity index (χ1v) is 7.58. The summed E-state index contributed by atoms with van der Waals surface area (Å²) >= 11 is 0. The van der Waals surface area contributed by atoms with Crippen molar-refractivity contribution in [1.29, 1.82) is 0 Å². The zero-order valence-corrected chi connectivity index (χ0v) is 12.3. The van der Waals surface area contributed by atoms with Crippen LogP contribution in [0.3, 0.4) is 0 Å². The minimum atomic E-state index is 0.638. The van der Waals surface area contributed by atoms with E-state index in [0.29, 0.717) is 6.04 Å². The maximum atomic E-state index is 3.49. The van der Waals surface area contributed by atoms with Crippen LogP contribution in [0.2, 0.25) is 0 Å². The van der Waals surface area contributed by atoms with E-state index >= 15 is 0 Å². The lowest BCUT2D eigenvalue weighted by Crippen LogP contribution is -2.34. The highest BCUT2D eigenvalue weighted by atomic mass is 15.2. The number of hydrogen-bond donors (Lipinski definition) is 1. The van der Waals surface area contributed by atoms with Crippen LogP contribution in [0.4, 0.5) is 0 Å². The van der Waals surface area contributed by atoms with E-state index in [2.05, 4.69) is 37.9 Å². The van der Waals surface area contributed by atoms with Gasteiger partial charge in [-0.3, -0.25) is 0 Å². The van der Waals surface area contributed by atoms with Crippen LogP contribution in [0.5, 0.6) is 0 Å². The summed E-state index contributed by atoms with van der Waals surface area (Å²) in [4.78, 5) is 2.72. The first-order chi connectivity index (χ1) is 8.11. The number of rotatable bonds is 8. The van der Waals surface area contributed by atoms with Crippen LogP contribution in [0, 0.1) is 5.92 Å². The quantitative estimate of drug-likeness (QED) is 0.655. The number of likely N-dealkylation sites (tertiary alicyclic amines) is 1. The Labute approximate surface area is 108 Å². The molecule has 0 spiro atoms. The van der Waals surface area contributed by atoms with Gasteiger partial charge in [0.15, 0.2) is 0 Å². The minimum absolute atomic E-state index is 0.638. The molecular weight excluding hydrogens is 208 g/mol. The highest BCUT2D eigenvalue weighted by Crippen LogP contribution is 2.23. The molecule has 0 aliphatic carbocycles. The van der Waals surface area contributed by atoms with Gasteiger partial charge >= 0.3 is 0 Å². The van der Waals surface area contributed by atoms with Crippen LogP contribution in [0.25, 0.3) is 0 Å². The van der Waals surface area contributed by atoms with Gasteiger partial charge in [-0.1, -0.05) is 34.1 Å². The average Bonchev–Trinajstić information content (AvgIpc) is 2.71. The van der Waals surface area contributed by atoms with E-state index in [1.165, 1.54) is 51.7 Å². The van der Waals surface area contributed by atoms with Gasteiger partial charge in [-0.05, 0) is 51.2 Å². The highest BCUT2D eigenvalue weighted by molar-refractivity contribution is 4.81. The second-order valence-electron chi connectivity index (χ2n) is 6.16. The molecule has 17 heavy (non-hydrogen) atoms. The van der Waals surface area contributed by atoms with Gasteiger partial charge < -0.3 is 10.2 Å². The lowest BCUT2D eigenvalue weighted by molar-refractivity contribution is 0.202. The first-order valence-electron chi connectivity index (χ1n) is 7.58. The van der Waals surface area contributed by atoms with E-state index < -0.39 is 0 Å². The van der Waals surface area contributed by atoms with Crippen molar-refractivity contribution in [3.63, 3.8) is 0 Å². The van der Waals surface area contributed by atoms with E-state index in [0.717, 1.165) is 12.0 Å². The maximum Gasteiger partial charge on any atom is 0.0119 e. The summed E-state index contributed by atoms with van der Waals surface area (Å²) in [6.45, 7) is 13.0. The molecule has 0 saturated carbocycles. The Morgan fingerprint density at radius 2 is 1.88 bits per heavy atom. The second kappa shape index (κ2) is 8.10. The molecule has 102 valence electrons. The summed E-state index contributed by atoms with van der Waals surface area (Å²) in [6.07, 6.45) is 6.92. The molecular formula is C15H32N2. The van der Waals surface area contributed by atoms with E-state index in [1.54, 1.807) is 0 Å². The van der Waals surface area contributed by atoms with Gasteiger partial charge in [0.25, 0.3) is 0 Å². The van der Waals surface area contributed by atoms with Crippen LogP contribution in [0.1, 0.15) is 59.8 Å². The van der Waals surface area contributed by atoms with Crippen LogP contribution in [-0.2, 0) is 0 Å². The van der Waals surface area contributed by atoms with Gasteiger partial charge in [-0.25, -0.2) is 0 Å². The first kappa shape index (κ1) is 15.0. The third-order valence-corrected chi connectivity index (χ3v) is 3.86. The van der Waals surface area contributed by atoms with Gasteiger partial charge in [-0.2, -0.15) is 0 Å². The minimum Gasteiger partial charge on any atom is -0.315 e. The van der Waals surface area contributed by atoms with E-state index in [9.17, 15) is 0 Å². The molecule has 0 amide bonds. The maximum absolute atomic E-state index is 3.49. The van der Waals surface area contributed by atoms with Gasteiger partial charge in [0.2, 0.25) is 0 Å². The predicted octanol–water partition coefficient (Wildman–Crippen LogP) is 3.28. The standard InChI is InChI=1S/C15H32N2/c1-13(2)15-9-8-12-17(15)11-7-5-6-10-16-14(3)4/h13-16H,5-12H2,1-4H3. The number of nitrogens with one attached hydrogen (secondary N) is 1. The molecule has 2 heteroatoms. The summed E-state index contributed by atoms with van der Waals surface area (Å²) in [7, 11) is 0. The van der Waals surface area contributed by atoms with Crippen LogP contribution < -0.4 is 5.32 Å². The Morgan fingerprint density at radius 1 is 1.12 bits per heavy atom. The van der Waals surface area contributed by atoms with E-state index in [-0.39, 0.29) is 0 Å². The van der Waals surface area contributed by atoms with Crippen molar-refractivity contribution in [2.45, 2.75) is 71.9 Å². The molecule has 1 aliphatic heterocycles. The Morgan fingerprint density at radius 3 is 2.53 bits per heavy atom. The third-order valence-electron chi connectivity index (χ3n) is 3.86. The normalized spacial score (nSPS) is 21.9. The van der Waals surface area contributed by atoms with Crippen LogP contribution >= 0.6 is 0 Å². The fourth-order valence-corrected chi connectivity index (χ4v) is 2.89. The molecule has 2 nitrogen and oxygen atoms in total. The molecule has 1 heterocycles. The monoisotopic (exact) mass is 240 g/mol. The van der Waals surface area contributed by atoms with Crippen molar-refractivity contribution in [2.24, 2.45) is 5.92 Å². The molecule has 0 radical (unpaired) electrons. The zero-order valence-electron chi connectivity index (χ0n) is 12.3. The molecule has 0 aromatic rings.